The Hall–Kier alpha value is -1.02. The van der Waals surface area contributed by atoms with E-state index < -0.39 is 0 Å². The van der Waals surface area contributed by atoms with Crippen molar-refractivity contribution in [2.75, 3.05) is 11.4 Å². The van der Waals surface area contributed by atoms with Crippen LogP contribution >= 0.6 is 0 Å². The maximum Gasteiger partial charge on any atom is 0.0368 e. The summed E-state index contributed by atoms with van der Waals surface area (Å²) in [5.74, 6) is 0.967. The first-order valence-corrected chi connectivity index (χ1v) is 8.34. The summed E-state index contributed by atoms with van der Waals surface area (Å²) in [5.41, 5.74) is 8.30. The van der Waals surface area contributed by atoms with Gasteiger partial charge in [-0.15, -0.1) is 0 Å². The second-order valence-corrected chi connectivity index (χ2v) is 6.15. The quantitative estimate of drug-likeness (QED) is 0.836. The lowest BCUT2D eigenvalue weighted by molar-refractivity contribution is 0.308. The first kappa shape index (κ1) is 15.4. The normalized spacial score (nSPS) is 22.8. The van der Waals surface area contributed by atoms with Crippen molar-refractivity contribution < 1.29 is 0 Å². The van der Waals surface area contributed by atoms with Crippen molar-refractivity contribution in [3.05, 3.63) is 29.8 Å². The molecule has 112 valence electrons. The molecule has 2 heteroatoms. The van der Waals surface area contributed by atoms with Crippen LogP contribution < -0.4 is 10.6 Å². The van der Waals surface area contributed by atoms with Crippen LogP contribution in [0.5, 0.6) is 0 Å². The predicted octanol–water partition coefficient (Wildman–Crippen LogP) is 4.33. The largest absolute Gasteiger partial charge is 0.369 e. The highest BCUT2D eigenvalue weighted by molar-refractivity contribution is 5.48. The van der Waals surface area contributed by atoms with E-state index in [2.05, 4.69) is 43.0 Å². The first-order chi connectivity index (χ1) is 9.78. The Morgan fingerprint density at radius 1 is 1.05 bits per heavy atom. The molecule has 1 aromatic carbocycles. The van der Waals surface area contributed by atoms with E-state index in [4.69, 9.17) is 5.73 Å². The Kier molecular flexibility index (Phi) is 5.90. The number of anilines is 1. The molecule has 0 saturated heterocycles. The van der Waals surface area contributed by atoms with Crippen molar-refractivity contribution in [2.45, 2.75) is 65.0 Å². The Labute approximate surface area is 124 Å². The molecule has 0 aromatic heterocycles. The van der Waals surface area contributed by atoms with Crippen molar-refractivity contribution in [2.24, 2.45) is 11.7 Å². The van der Waals surface area contributed by atoms with Crippen LogP contribution in [0, 0.1) is 5.92 Å². The van der Waals surface area contributed by atoms with Gasteiger partial charge in [-0.1, -0.05) is 32.4 Å². The van der Waals surface area contributed by atoms with E-state index in [0.717, 1.165) is 12.0 Å². The van der Waals surface area contributed by atoms with E-state index in [0.29, 0.717) is 6.54 Å². The van der Waals surface area contributed by atoms with Gasteiger partial charge in [0, 0.05) is 24.8 Å². The zero-order valence-corrected chi connectivity index (χ0v) is 13.1. The van der Waals surface area contributed by atoms with Gasteiger partial charge in [0.05, 0.1) is 0 Å². The Bertz CT molecular complexity index is 377. The summed E-state index contributed by atoms with van der Waals surface area (Å²) in [6.07, 6.45) is 8.09. The van der Waals surface area contributed by atoms with Crippen molar-refractivity contribution in [1.29, 1.82) is 0 Å². The summed E-state index contributed by atoms with van der Waals surface area (Å²) in [6.45, 7) is 6.42. The molecular formula is C18H30N2. The van der Waals surface area contributed by atoms with Gasteiger partial charge in [-0.2, -0.15) is 0 Å². The van der Waals surface area contributed by atoms with Crippen LogP contribution in [0.1, 0.15) is 57.9 Å². The summed E-state index contributed by atoms with van der Waals surface area (Å²) in [5, 5.41) is 0. The van der Waals surface area contributed by atoms with Crippen LogP contribution in [0.4, 0.5) is 5.69 Å². The molecule has 0 spiro atoms. The summed E-state index contributed by atoms with van der Waals surface area (Å²) in [6, 6.07) is 9.60. The van der Waals surface area contributed by atoms with Gasteiger partial charge < -0.3 is 10.6 Å². The highest BCUT2D eigenvalue weighted by atomic mass is 15.2. The molecule has 1 aromatic rings. The van der Waals surface area contributed by atoms with Gasteiger partial charge in [0.15, 0.2) is 0 Å². The van der Waals surface area contributed by atoms with E-state index in [1.165, 1.54) is 56.3 Å². The second kappa shape index (κ2) is 7.68. The van der Waals surface area contributed by atoms with Crippen LogP contribution in [0.15, 0.2) is 24.3 Å². The van der Waals surface area contributed by atoms with E-state index in [1.807, 2.05) is 0 Å². The molecule has 2 N–H and O–H groups in total. The Morgan fingerprint density at radius 3 is 2.20 bits per heavy atom. The van der Waals surface area contributed by atoms with Gasteiger partial charge in [0.25, 0.3) is 0 Å². The van der Waals surface area contributed by atoms with Crippen molar-refractivity contribution in [3.8, 4) is 0 Å². The fourth-order valence-corrected chi connectivity index (χ4v) is 3.45. The molecule has 1 aliphatic rings. The summed E-state index contributed by atoms with van der Waals surface area (Å²) < 4.78 is 0. The van der Waals surface area contributed by atoms with E-state index in [-0.39, 0.29) is 0 Å². The lowest BCUT2D eigenvalue weighted by Gasteiger charge is -2.38. The van der Waals surface area contributed by atoms with E-state index in [9.17, 15) is 0 Å². The number of nitrogens with two attached hydrogens (primary N) is 1. The van der Waals surface area contributed by atoms with Gasteiger partial charge in [-0.25, -0.2) is 0 Å². The predicted molar refractivity (Wildman–Crippen MR) is 88.0 cm³/mol. The minimum absolute atomic E-state index is 0.635. The maximum absolute atomic E-state index is 5.69. The molecule has 0 radical (unpaired) electrons. The van der Waals surface area contributed by atoms with Crippen LogP contribution in [-0.2, 0) is 6.54 Å². The van der Waals surface area contributed by atoms with Gasteiger partial charge in [-0.3, -0.25) is 0 Å². The molecule has 2 rings (SSSR count). The van der Waals surface area contributed by atoms with Crippen LogP contribution in [0.2, 0.25) is 0 Å². The molecule has 0 atom stereocenters. The average Bonchev–Trinajstić information content (AvgIpc) is 2.53. The lowest BCUT2D eigenvalue weighted by atomic mass is 9.83. The van der Waals surface area contributed by atoms with E-state index >= 15 is 0 Å². The molecule has 0 heterocycles. The van der Waals surface area contributed by atoms with Gasteiger partial charge in [0.2, 0.25) is 0 Å². The molecule has 1 aliphatic carbocycles. The molecule has 20 heavy (non-hydrogen) atoms. The van der Waals surface area contributed by atoms with Crippen molar-refractivity contribution in [1.82, 2.24) is 0 Å². The van der Waals surface area contributed by atoms with E-state index in [1.54, 1.807) is 0 Å². The zero-order valence-electron chi connectivity index (χ0n) is 13.1. The summed E-state index contributed by atoms with van der Waals surface area (Å²) >= 11 is 0. The molecule has 0 unspecified atom stereocenters. The number of hydrogen-bond acceptors (Lipinski definition) is 2. The zero-order chi connectivity index (χ0) is 14.4. The van der Waals surface area contributed by atoms with Crippen LogP contribution in [0.3, 0.4) is 0 Å². The lowest BCUT2D eigenvalue weighted by Crippen LogP contribution is -2.38. The fraction of sp³-hybridized carbons (Fsp3) is 0.667. The average molecular weight is 274 g/mol. The third-order valence-electron chi connectivity index (χ3n) is 4.80. The number of nitrogens with zero attached hydrogens (tertiary/aromatic N) is 1. The van der Waals surface area contributed by atoms with Gasteiger partial charge in [-0.05, 0) is 55.7 Å². The topological polar surface area (TPSA) is 29.3 Å². The Morgan fingerprint density at radius 2 is 1.70 bits per heavy atom. The SMILES string of the molecule is CCCN(c1ccc(CN)cc1)C1CCC(CC)CC1. The van der Waals surface area contributed by atoms with Crippen molar-refractivity contribution >= 4 is 5.69 Å². The summed E-state index contributed by atoms with van der Waals surface area (Å²) in [4.78, 5) is 2.63. The second-order valence-electron chi connectivity index (χ2n) is 6.15. The molecule has 1 fully saturated rings. The number of rotatable bonds is 6. The monoisotopic (exact) mass is 274 g/mol. The molecular weight excluding hydrogens is 244 g/mol. The van der Waals surface area contributed by atoms with Gasteiger partial charge in [0.1, 0.15) is 0 Å². The molecule has 0 bridgehead atoms. The Balaban J connectivity index is 2.06. The third kappa shape index (κ3) is 3.76. The minimum Gasteiger partial charge on any atom is -0.369 e. The standard InChI is InChI=1S/C18H30N2/c1-3-13-20(17-9-5-15(4-2)6-10-17)18-11-7-16(14-19)8-12-18/h7-8,11-12,15,17H,3-6,9-10,13-14,19H2,1-2H3. The molecule has 0 amide bonds. The highest BCUT2D eigenvalue weighted by Crippen LogP contribution is 2.32. The highest BCUT2D eigenvalue weighted by Gasteiger charge is 2.24. The molecule has 1 saturated carbocycles. The van der Waals surface area contributed by atoms with Crippen LogP contribution in [0.25, 0.3) is 0 Å². The van der Waals surface area contributed by atoms with Crippen molar-refractivity contribution in [3.63, 3.8) is 0 Å². The molecule has 2 nitrogen and oxygen atoms in total. The number of benzene rings is 1. The first-order valence-electron chi connectivity index (χ1n) is 8.34. The smallest absolute Gasteiger partial charge is 0.0368 e. The van der Waals surface area contributed by atoms with Gasteiger partial charge >= 0.3 is 0 Å². The molecule has 0 aliphatic heterocycles. The van der Waals surface area contributed by atoms with Crippen LogP contribution in [-0.4, -0.2) is 12.6 Å². The summed E-state index contributed by atoms with van der Waals surface area (Å²) in [7, 11) is 0. The minimum atomic E-state index is 0.635. The third-order valence-corrected chi connectivity index (χ3v) is 4.80. The fourth-order valence-electron chi connectivity index (χ4n) is 3.45. The number of hydrogen-bond donors (Lipinski definition) is 1. The maximum atomic E-state index is 5.69.